The van der Waals surface area contributed by atoms with Gasteiger partial charge in [0.25, 0.3) is 5.91 Å². The molecule has 0 atom stereocenters. The molecule has 2 aliphatic rings. The van der Waals surface area contributed by atoms with Gasteiger partial charge in [-0.3, -0.25) is 4.79 Å². The second-order valence-corrected chi connectivity index (χ2v) is 7.78. The van der Waals surface area contributed by atoms with E-state index in [1.807, 2.05) is 42.5 Å². The fourth-order valence-corrected chi connectivity index (χ4v) is 4.08. The number of benzene rings is 2. The van der Waals surface area contributed by atoms with Crippen molar-refractivity contribution in [2.45, 2.75) is 26.2 Å². The third kappa shape index (κ3) is 4.28. The van der Waals surface area contributed by atoms with Crippen LogP contribution in [0, 0.1) is 12.8 Å². The van der Waals surface area contributed by atoms with Crippen LogP contribution in [0.4, 0.5) is 0 Å². The van der Waals surface area contributed by atoms with E-state index in [9.17, 15) is 4.79 Å². The Hall–Kier alpha value is -2.59. The van der Waals surface area contributed by atoms with E-state index in [1.165, 1.54) is 12.0 Å². The Morgan fingerprint density at radius 1 is 1.14 bits per heavy atom. The molecular weight excluding hydrogens is 348 g/mol. The third-order valence-electron chi connectivity index (χ3n) is 5.79. The first-order valence-corrected chi connectivity index (χ1v) is 10.2. The van der Waals surface area contributed by atoms with Crippen molar-refractivity contribution in [1.29, 1.82) is 0 Å². The van der Waals surface area contributed by atoms with Gasteiger partial charge in [0.2, 0.25) is 0 Å². The maximum absolute atomic E-state index is 12.9. The van der Waals surface area contributed by atoms with Gasteiger partial charge in [0.15, 0.2) is 0 Å². The van der Waals surface area contributed by atoms with Gasteiger partial charge in [-0.25, -0.2) is 0 Å². The number of hydrogen-bond donors (Lipinski definition) is 1. The summed E-state index contributed by atoms with van der Waals surface area (Å²) in [5.41, 5.74) is 2.86. The fraction of sp³-hybridized carbons (Fsp3) is 0.375. The summed E-state index contributed by atoms with van der Waals surface area (Å²) >= 11 is 0. The maximum atomic E-state index is 12.9. The molecule has 2 aromatic carbocycles. The lowest BCUT2D eigenvalue weighted by Gasteiger charge is -2.28. The van der Waals surface area contributed by atoms with Crippen molar-refractivity contribution in [3.05, 3.63) is 71.6 Å². The summed E-state index contributed by atoms with van der Waals surface area (Å²) in [6.45, 7) is 5.63. The average molecular weight is 377 g/mol. The molecule has 1 N–H and O–H groups in total. The van der Waals surface area contributed by atoms with Crippen LogP contribution >= 0.6 is 0 Å². The van der Waals surface area contributed by atoms with Crippen molar-refractivity contribution < 1.29 is 9.53 Å². The predicted octanol–water partition coefficient (Wildman–Crippen LogP) is 4.41. The zero-order valence-corrected chi connectivity index (χ0v) is 16.5. The Morgan fingerprint density at radius 3 is 2.75 bits per heavy atom. The molecule has 1 saturated heterocycles. The van der Waals surface area contributed by atoms with Gasteiger partial charge in [0.05, 0.1) is 6.54 Å². The highest BCUT2D eigenvalue weighted by Gasteiger charge is 2.17. The minimum Gasteiger partial charge on any atom is -0.381 e. The molecule has 4 rings (SSSR count). The first-order chi connectivity index (χ1) is 13.7. The quantitative estimate of drug-likeness (QED) is 0.840. The first kappa shape index (κ1) is 18.8. The topological polar surface area (TPSA) is 41.6 Å². The Bertz CT molecular complexity index is 910. The van der Waals surface area contributed by atoms with Crippen LogP contribution in [0.1, 0.15) is 35.2 Å². The standard InChI is InChI=1S/C24H28N2O2/c1-18-8-9-23(22-7-3-2-6-21(18)22)24(27)25-20-5-4-13-26(17-20)14-10-19-11-15-28-16-12-19/h2-9,13,19H,10-12,14-17H2,1H3,(H,25,27). The zero-order chi connectivity index (χ0) is 19.3. The minimum absolute atomic E-state index is 0.0397. The van der Waals surface area contributed by atoms with Crippen LogP contribution in [0.5, 0.6) is 0 Å². The molecule has 0 bridgehead atoms. The molecule has 1 amide bonds. The van der Waals surface area contributed by atoms with Crippen molar-refractivity contribution >= 4 is 16.7 Å². The first-order valence-electron chi connectivity index (χ1n) is 10.2. The number of nitrogens with one attached hydrogen (secondary N) is 1. The predicted molar refractivity (Wildman–Crippen MR) is 113 cm³/mol. The molecule has 0 unspecified atom stereocenters. The van der Waals surface area contributed by atoms with Gasteiger partial charge in [0.1, 0.15) is 0 Å². The summed E-state index contributed by atoms with van der Waals surface area (Å²) in [4.78, 5) is 15.2. The van der Waals surface area contributed by atoms with E-state index >= 15 is 0 Å². The van der Waals surface area contributed by atoms with Crippen molar-refractivity contribution in [1.82, 2.24) is 10.2 Å². The van der Waals surface area contributed by atoms with E-state index < -0.39 is 0 Å². The van der Waals surface area contributed by atoms with Crippen LogP contribution < -0.4 is 5.32 Å². The molecule has 4 nitrogen and oxygen atoms in total. The molecule has 0 saturated carbocycles. The summed E-state index contributed by atoms with van der Waals surface area (Å²) in [6.07, 6.45) is 9.65. The second-order valence-electron chi connectivity index (χ2n) is 7.78. The van der Waals surface area contributed by atoms with E-state index in [0.29, 0.717) is 0 Å². The largest absolute Gasteiger partial charge is 0.381 e. The Balaban J connectivity index is 1.39. The number of amides is 1. The normalized spacial score (nSPS) is 17.6. The van der Waals surface area contributed by atoms with Crippen molar-refractivity contribution in [3.63, 3.8) is 0 Å². The molecule has 1 fully saturated rings. The summed E-state index contributed by atoms with van der Waals surface area (Å²) in [5.74, 6) is 0.715. The van der Waals surface area contributed by atoms with Gasteiger partial charge in [-0.15, -0.1) is 0 Å². The number of rotatable bonds is 5. The highest BCUT2D eigenvalue weighted by atomic mass is 16.5. The molecular formula is C24H28N2O2. The van der Waals surface area contributed by atoms with Crippen LogP contribution in [0.25, 0.3) is 10.8 Å². The van der Waals surface area contributed by atoms with E-state index in [0.717, 1.165) is 67.1 Å². The molecule has 0 aromatic heterocycles. The number of hydrogen-bond acceptors (Lipinski definition) is 3. The molecule has 0 spiro atoms. The third-order valence-corrected chi connectivity index (χ3v) is 5.79. The van der Waals surface area contributed by atoms with Crippen LogP contribution in [-0.2, 0) is 4.74 Å². The van der Waals surface area contributed by atoms with Crippen LogP contribution in [0.15, 0.2) is 60.4 Å². The van der Waals surface area contributed by atoms with Crippen LogP contribution in [-0.4, -0.2) is 37.1 Å². The number of ether oxygens (including phenoxy) is 1. The Labute approximate surface area is 166 Å². The molecule has 2 heterocycles. The van der Waals surface area contributed by atoms with E-state index in [2.05, 4.69) is 29.4 Å². The lowest BCUT2D eigenvalue weighted by molar-refractivity contribution is 0.0617. The summed E-state index contributed by atoms with van der Waals surface area (Å²) in [7, 11) is 0. The average Bonchev–Trinajstić information content (AvgIpc) is 2.74. The molecule has 2 aromatic rings. The van der Waals surface area contributed by atoms with Gasteiger partial charge < -0.3 is 15.0 Å². The van der Waals surface area contributed by atoms with Crippen LogP contribution in [0.3, 0.4) is 0 Å². The summed E-state index contributed by atoms with van der Waals surface area (Å²) in [5, 5.41) is 5.26. The van der Waals surface area contributed by atoms with E-state index in [1.54, 1.807) is 0 Å². The van der Waals surface area contributed by atoms with E-state index in [4.69, 9.17) is 4.74 Å². The number of carbonyl (C=O) groups is 1. The maximum Gasteiger partial charge on any atom is 0.256 e. The highest BCUT2D eigenvalue weighted by Crippen LogP contribution is 2.23. The van der Waals surface area contributed by atoms with Gasteiger partial charge in [-0.1, -0.05) is 30.3 Å². The minimum atomic E-state index is -0.0397. The van der Waals surface area contributed by atoms with Crippen molar-refractivity contribution in [2.24, 2.45) is 5.92 Å². The van der Waals surface area contributed by atoms with Gasteiger partial charge >= 0.3 is 0 Å². The molecule has 28 heavy (non-hydrogen) atoms. The van der Waals surface area contributed by atoms with Gasteiger partial charge in [0, 0.05) is 31.0 Å². The van der Waals surface area contributed by atoms with Gasteiger partial charge in [-0.2, -0.15) is 0 Å². The van der Waals surface area contributed by atoms with E-state index in [-0.39, 0.29) is 5.91 Å². The zero-order valence-electron chi connectivity index (χ0n) is 16.5. The summed E-state index contributed by atoms with van der Waals surface area (Å²) < 4.78 is 5.45. The molecule has 146 valence electrons. The molecule has 0 radical (unpaired) electrons. The SMILES string of the molecule is Cc1ccc(C(=O)NC2=CC=CN(CCC3CCOCC3)C2)c2ccccc12. The lowest BCUT2D eigenvalue weighted by Crippen LogP contribution is -2.33. The lowest BCUT2D eigenvalue weighted by atomic mass is 9.96. The Kier molecular flexibility index (Phi) is 5.77. The number of carbonyl (C=O) groups excluding carboxylic acids is 1. The fourth-order valence-electron chi connectivity index (χ4n) is 4.08. The smallest absolute Gasteiger partial charge is 0.256 e. The number of nitrogens with zero attached hydrogens (tertiary/aromatic N) is 1. The Morgan fingerprint density at radius 2 is 1.93 bits per heavy atom. The number of fused-ring (bicyclic) bond motifs is 1. The summed E-state index contributed by atoms with van der Waals surface area (Å²) in [6, 6.07) is 12.0. The number of aryl methyl sites for hydroxylation is 1. The second kappa shape index (κ2) is 8.61. The molecule has 0 aliphatic carbocycles. The van der Waals surface area contributed by atoms with Crippen molar-refractivity contribution in [2.75, 3.05) is 26.3 Å². The number of allylic oxidation sites excluding steroid dienone is 2. The highest BCUT2D eigenvalue weighted by molar-refractivity contribution is 6.08. The van der Waals surface area contributed by atoms with Gasteiger partial charge in [-0.05, 0) is 72.9 Å². The van der Waals surface area contributed by atoms with Crippen LogP contribution in [0.2, 0.25) is 0 Å². The molecule has 4 heteroatoms. The monoisotopic (exact) mass is 376 g/mol. The molecule has 2 aliphatic heterocycles. The van der Waals surface area contributed by atoms with Crippen molar-refractivity contribution in [3.8, 4) is 0 Å².